The van der Waals surface area contributed by atoms with E-state index in [9.17, 15) is 8.78 Å². The highest BCUT2D eigenvalue weighted by Crippen LogP contribution is 2.07. The highest BCUT2D eigenvalue weighted by molar-refractivity contribution is 5.85. The predicted octanol–water partition coefficient (Wildman–Crippen LogP) is 2.11. The van der Waals surface area contributed by atoms with Crippen molar-refractivity contribution in [1.82, 2.24) is 5.32 Å². The Bertz CT molecular complexity index is 253. The van der Waals surface area contributed by atoms with E-state index in [1.807, 2.05) is 0 Å². The average Bonchev–Trinajstić information content (AvgIpc) is 1.98. The lowest BCUT2D eigenvalue weighted by atomic mass is 10.2. The minimum absolute atomic E-state index is 0. The molecule has 0 saturated carbocycles. The van der Waals surface area contributed by atoms with Gasteiger partial charge in [0.15, 0.2) is 11.6 Å². The van der Waals surface area contributed by atoms with E-state index in [0.29, 0.717) is 6.54 Å². The maximum atomic E-state index is 12.5. The molecule has 0 bridgehead atoms. The van der Waals surface area contributed by atoms with Gasteiger partial charge in [-0.2, -0.15) is 0 Å². The number of rotatable bonds is 2. The highest BCUT2D eigenvalue weighted by Gasteiger charge is 2.00. The van der Waals surface area contributed by atoms with Crippen LogP contribution in [0.3, 0.4) is 0 Å². The van der Waals surface area contributed by atoms with Crippen molar-refractivity contribution in [1.29, 1.82) is 0 Å². The second-order valence-electron chi connectivity index (χ2n) is 2.28. The molecule has 12 heavy (non-hydrogen) atoms. The maximum absolute atomic E-state index is 12.5. The van der Waals surface area contributed by atoms with Crippen LogP contribution in [-0.2, 0) is 6.54 Å². The van der Waals surface area contributed by atoms with E-state index >= 15 is 0 Å². The van der Waals surface area contributed by atoms with Gasteiger partial charge in [0.05, 0.1) is 0 Å². The molecule has 1 nitrogen and oxygen atoms in total. The minimum atomic E-state index is -0.801. The summed E-state index contributed by atoms with van der Waals surface area (Å²) >= 11 is 0. The normalized spacial score (nSPS) is 9.25. The van der Waals surface area contributed by atoms with Gasteiger partial charge < -0.3 is 5.32 Å². The van der Waals surface area contributed by atoms with E-state index in [4.69, 9.17) is 0 Å². The van der Waals surface area contributed by atoms with Crippen molar-refractivity contribution >= 4 is 12.4 Å². The summed E-state index contributed by atoms with van der Waals surface area (Å²) in [6.07, 6.45) is 0. The summed E-state index contributed by atoms with van der Waals surface area (Å²) in [5.74, 6) is -1.59. The Kier molecular flexibility index (Phi) is 4.78. The molecule has 0 aliphatic heterocycles. The first-order valence-electron chi connectivity index (χ1n) is 3.32. The lowest BCUT2D eigenvalue weighted by Gasteiger charge is -1.99. The van der Waals surface area contributed by atoms with Crippen LogP contribution in [0.15, 0.2) is 18.2 Å². The molecule has 0 heterocycles. The van der Waals surface area contributed by atoms with Crippen LogP contribution in [0.2, 0.25) is 0 Å². The molecule has 0 atom stereocenters. The first-order valence-corrected chi connectivity index (χ1v) is 3.32. The van der Waals surface area contributed by atoms with Crippen LogP contribution in [0, 0.1) is 11.6 Å². The molecular formula is C8H10ClF2N. The van der Waals surface area contributed by atoms with Crippen molar-refractivity contribution in [2.45, 2.75) is 6.54 Å². The summed E-state index contributed by atoms with van der Waals surface area (Å²) in [6.45, 7) is 0.553. The molecule has 1 aromatic rings. The molecule has 68 valence electrons. The largest absolute Gasteiger partial charge is 0.316 e. The van der Waals surface area contributed by atoms with E-state index in [2.05, 4.69) is 5.32 Å². The SMILES string of the molecule is CNCc1ccc(F)c(F)c1.Cl. The smallest absolute Gasteiger partial charge is 0.159 e. The number of nitrogens with one attached hydrogen (secondary N) is 1. The van der Waals surface area contributed by atoms with Crippen molar-refractivity contribution in [2.24, 2.45) is 0 Å². The second kappa shape index (κ2) is 5.06. The molecule has 1 rings (SSSR count). The Morgan fingerprint density at radius 3 is 2.42 bits per heavy atom. The van der Waals surface area contributed by atoms with Gasteiger partial charge in [-0.15, -0.1) is 12.4 Å². The van der Waals surface area contributed by atoms with Gasteiger partial charge in [-0.25, -0.2) is 8.78 Å². The Labute approximate surface area is 76.2 Å². The van der Waals surface area contributed by atoms with E-state index in [1.54, 1.807) is 13.1 Å². The number of benzene rings is 1. The summed E-state index contributed by atoms with van der Waals surface area (Å²) < 4.78 is 24.8. The summed E-state index contributed by atoms with van der Waals surface area (Å²) in [4.78, 5) is 0. The molecular weight excluding hydrogens is 184 g/mol. The van der Waals surface area contributed by atoms with E-state index in [0.717, 1.165) is 11.6 Å². The Balaban J connectivity index is 0.00000121. The molecule has 0 fully saturated rings. The fourth-order valence-electron chi connectivity index (χ4n) is 0.854. The Morgan fingerprint density at radius 2 is 1.92 bits per heavy atom. The van der Waals surface area contributed by atoms with Gasteiger partial charge in [-0.3, -0.25) is 0 Å². The monoisotopic (exact) mass is 193 g/mol. The van der Waals surface area contributed by atoms with Gasteiger partial charge in [0, 0.05) is 6.54 Å². The molecule has 0 spiro atoms. The molecule has 0 radical (unpaired) electrons. The fraction of sp³-hybridized carbons (Fsp3) is 0.250. The highest BCUT2D eigenvalue weighted by atomic mass is 35.5. The third-order valence-corrected chi connectivity index (χ3v) is 1.36. The number of hydrogen-bond acceptors (Lipinski definition) is 1. The molecule has 0 amide bonds. The van der Waals surface area contributed by atoms with Crippen LogP contribution in [0.4, 0.5) is 8.78 Å². The van der Waals surface area contributed by atoms with Gasteiger partial charge in [-0.05, 0) is 24.7 Å². The summed E-state index contributed by atoms with van der Waals surface area (Å²) in [6, 6.07) is 3.86. The molecule has 0 saturated heterocycles. The van der Waals surface area contributed by atoms with Crippen molar-refractivity contribution < 1.29 is 8.78 Å². The van der Waals surface area contributed by atoms with Gasteiger partial charge in [0.2, 0.25) is 0 Å². The quantitative estimate of drug-likeness (QED) is 0.759. The first kappa shape index (κ1) is 11.3. The van der Waals surface area contributed by atoms with Crippen molar-refractivity contribution in [3.05, 3.63) is 35.4 Å². The van der Waals surface area contributed by atoms with E-state index in [-0.39, 0.29) is 12.4 Å². The zero-order valence-electron chi connectivity index (χ0n) is 6.60. The van der Waals surface area contributed by atoms with Crippen molar-refractivity contribution in [3.63, 3.8) is 0 Å². The Morgan fingerprint density at radius 1 is 1.25 bits per heavy atom. The third-order valence-electron chi connectivity index (χ3n) is 1.36. The van der Waals surface area contributed by atoms with E-state index < -0.39 is 11.6 Å². The molecule has 0 unspecified atom stereocenters. The molecule has 0 aliphatic rings. The van der Waals surface area contributed by atoms with E-state index in [1.165, 1.54) is 6.07 Å². The van der Waals surface area contributed by atoms with Crippen molar-refractivity contribution in [3.8, 4) is 0 Å². The van der Waals surface area contributed by atoms with Crippen LogP contribution >= 0.6 is 12.4 Å². The molecule has 1 N–H and O–H groups in total. The molecule has 1 aromatic carbocycles. The van der Waals surface area contributed by atoms with Crippen molar-refractivity contribution in [2.75, 3.05) is 7.05 Å². The fourth-order valence-corrected chi connectivity index (χ4v) is 0.854. The molecule has 0 aromatic heterocycles. The van der Waals surface area contributed by atoms with Gasteiger partial charge in [0.1, 0.15) is 0 Å². The minimum Gasteiger partial charge on any atom is -0.316 e. The molecule has 0 aliphatic carbocycles. The topological polar surface area (TPSA) is 12.0 Å². The number of halogens is 3. The lowest BCUT2D eigenvalue weighted by Crippen LogP contribution is -2.05. The van der Waals surface area contributed by atoms with Gasteiger partial charge >= 0.3 is 0 Å². The molecule has 4 heteroatoms. The summed E-state index contributed by atoms with van der Waals surface area (Å²) in [5, 5.41) is 2.84. The Hall–Kier alpha value is -0.670. The lowest BCUT2D eigenvalue weighted by molar-refractivity contribution is 0.506. The first-order chi connectivity index (χ1) is 5.24. The number of hydrogen-bond donors (Lipinski definition) is 1. The second-order valence-corrected chi connectivity index (χ2v) is 2.28. The van der Waals surface area contributed by atoms with Crippen LogP contribution in [-0.4, -0.2) is 7.05 Å². The predicted molar refractivity (Wildman–Crippen MR) is 46.4 cm³/mol. The zero-order valence-corrected chi connectivity index (χ0v) is 7.42. The van der Waals surface area contributed by atoms with Gasteiger partial charge in [0.25, 0.3) is 0 Å². The van der Waals surface area contributed by atoms with Gasteiger partial charge in [-0.1, -0.05) is 6.07 Å². The zero-order chi connectivity index (χ0) is 8.27. The average molecular weight is 194 g/mol. The van der Waals surface area contributed by atoms with Crippen LogP contribution in [0.5, 0.6) is 0 Å². The van der Waals surface area contributed by atoms with Crippen LogP contribution in [0.25, 0.3) is 0 Å². The standard InChI is InChI=1S/C8H9F2N.ClH/c1-11-5-6-2-3-7(9)8(10)4-6;/h2-4,11H,5H2,1H3;1H. The summed E-state index contributed by atoms with van der Waals surface area (Å²) in [7, 11) is 1.75. The van der Waals surface area contributed by atoms with Crippen LogP contribution < -0.4 is 5.32 Å². The van der Waals surface area contributed by atoms with Crippen LogP contribution in [0.1, 0.15) is 5.56 Å². The third kappa shape index (κ3) is 2.75. The maximum Gasteiger partial charge on any atom is 0.159 e. The summed E-state index contributed by atoms with van der Waals surface area (Å²) in [5.41, 5.74) is 0.742.